The van der Waals surface area contributed by atoms with Crippen molar-refractivity contribution in [1.82, 2.24) is 5.32 Å². The predicted molar refractivity (Wildman–Crippen MR) is 102 cm³/mol. The summed E-state index contributed by atoms with van der Waals surface area (Å²) in [6.07, 6.45) is 11.9. The molecule has 0 aliphatic rings. The van der Waals surface area contributed by atoms with Crippen molar-refractivity contribution in [1.29, 1.82) is 0 Å². The number of carbonyl (C=O) groups excluding carboxylic acids is 2. The monoisotopic (exact) mass is 357 g/mol. The van der Waals surface area contributed by atoms with E-state index in [0.717, 1.165) is 12.8 Å². The Balaban J connectivity index is 3.37. The first-order chi connectivity index (χ1) is 11.8. The lowest BCUT2D eigenvalue weighted by Crippen LogP contribution is -2.33. The topological polar surface area (TPSA) is 64.6 Å². The van der Waals surface area contributed by atoms with Crippen molar-refractivity contribution in [3.05, 3.63) is 0 Å². The summed E-state index contributed by atoms with van der Waals surface area (Å²) in [5.74, 6) is -0.413. The number of nitrogens with one attached hydrogen (secondary N) is 1. The Kier molecular flexibility index (Phi) is 14.3. The summed E-state index contributed by atoms with van der Waals surface area (Å²) in [6, 6.07) is 0. The summed E-state index contributed by atoms with van der Waals surface area (Å²) in [5.41, 5.74) is -0.0899. The van der Waals surface area contributed by atoms with Crippen molar-refractivity contribution in [3.63, 3.8) is 0 Å². The second-order valence-electron chi connectivity index (χ2n) is 7.89. The average Bonchev–Trinajstić information content (AvgIpc) is 2.55. The average molecular weight is 358 g/mol. The Labute approximate surface area is 154 Å². The highest BCUT2D eigenvalue weighted by molar-refractivity contribution is 5.77. The quantitative estimate of drug-likeness (QED) is 0.342. The number of carbonyl (C=O) groups is 2. The van der Waals surface area contributed by atoms with Crippen molar-refractivity contribution in [2.75, 3.05) is 19.8 Å². The van der Waals surface area contributed by atoms with E-state index in [1.54, 1.807) is 0 Å². The molecule has 5 nitrogen and oxygen atoms in total. The van der Waals surface area contributed by atoms with Crippen molar-refractivity contribution in [2.45, 2.75) is 91.9 Å². The highest BCUT2D eigenvalue weighted by atomic mass is 16.6. The van der Waals surface area contributed by atoms with Gasteiger partial charge in [0.1, 0.15) is 6.54 Å². The van der Waals surface area contributed by atoms with Crippen LogP contribution in [0.3, 0.4) is 0 Å². The van der Waals surface area contributed by atoms with Gasteiger partial charge in [0, 0.05) is 0 Å². The molecule has 1 N–H and O–H groups in total. The molecule has 0 saturated carbocycles. The van der Waals surface area contributed by atoms with Gasteiger partial charge in [-0.2, -0.15) is 0 Å². The van der Waals surface area contributed by atoms with Gasteiger partial charge in [-0.25, -0.2) is 4.79 Å². The molecule has 0 atom stereocenters. The van der Waals surface area contributed by atoms with Crippen LogP contribution in [0.5, 0.6) is 0 Å². The van der Waals surface area contributed by atoms with Crippen LogP contribution >= 0.6 is 0 Å². The second kappa shape index (κ2) is 15.0. The fraction of sp³-hybridized carbons (Fsp3) is 0.900. The van der Waals surface area contributed by atoms with Crippen LogP contribution in [0.15, 0.2) is 0 Å². The van der Waals surface area contributed by atoms with E-state index in [-0.39, 0.29) is 12.0 Å². The lowest BCUT2D eigenvalue weighted by molar-refractivity contribution is -0.142. The third-order valence-electron chi connectivity index (χ3n) is 3.77. The maximum Gasteiger partial charge on any atom is 0.407 e. The zero-order valence-electron chi connectivity index (χ0n) is 16.8. The molecule has 0 aromatic carbocycles. The van der Waals surface area contributed by atoms with Crippen molar-refractivity contribution in [3.8, 4) is 0 Å². The van der Waals surface area contributed by atoms with Gasteiger partial charge in [0.25, 0.3) is 0 Å². The summed E-state index contributed by atoms with van der Waals surface area (Å²) in [5, 5.41) is 2.41. The first-order valence-electron chi connectivity index (χ1n) is 9.91. The summed E-state index contributed by atoms with van der Waals surface area (Å²) in [6.45, 7) is 8.76. The molecule has 25 heavy (non-hydrogen) atoms. The molecule has 0 spiro atoms. The fourth-order valence-corrected chi connectivity index (χ4v) is 2.30. The summed E-state index contributed by atoms with van der Waals surface area (Å²) in [4.78, 5) is 22.9. The molecular weight excluding hydrogens is 318 g/mol. The number of alkyl carbamates (subject to hydrolysis) is 1. The van der Waals surface area contributed by atoms with E-state index in [9.17, 15) is 9.59 Å². The first kappa shape index (κ1) is 23.7. The largest absolute Gasteiger partial charge is 0.464 e. The lowest BCUT2D eigenvalue weighted by Gasteiger charge is -2.17. The maximum absolute atomic E-state index is 11.5. The van der Waals surface area contributed by atoms with Gasteiger partial charge in [0.05, 0.1) is 13.2 Å². The van der Waals surface area contributed by atoms with E-state index < -0.39 is 12.1 Å². The number of hydrogen-bond donors (Lipinski definition) is 1. The van der Waals surface area contributed by atoms with Crippen molar-refractivity contribution in [2.24, 2.45) is 5.41 Å². The standard InChI is InChI=1S/C20H39NO4/c1-5-6-7-8-9-10-11-12-13-14-15-24-18(22)16-21-19(23)25-17-20(2,3)4/h5-17H2,1-4H3,(H,21,23). The molecule has 0 heterocycles. The molecule has 0 aliphatic heterocycles. The summed E-state index contributed by atoms with van der Waals surface area (Å²) < 4.78 is 10.1. The Hall–Kier alpha value is -1.26. The third kappa shape index (κ3) is 18.9. The number of esters is 1. The molecule has 1 amide bonds. The van der Waals surface area contributed by atoms with E-state index in [0.29, 0.717) is 13.2 Å². The van der Waals surface area contributed by atoms with Crippen LogP contribution in [0.25, 0.3) is 0 Å². The molecular formula is C20H39NO4. The third-order valence-corrected chi connectivity index (χ3v) is 3.77. The highest BCUT2D eigenvalue weighted by Crippen LogP contribution is 2.12. The SMILES string of the molecule is CCCCCCCCCCCCOC(=O)CNC(=O)OCC(C)(C)C. The van der Waals surface area contributed by atoms with Crippen LogP contribution in [0.2, 0.25) is 0 Å². The Morgan fingerprint density at radius 1 is 0.800 bits per heavy atom. The van der Waals surface area contributed by atoms with Gasteiger partial charge in [0.15, 0.2) is 0 Å². The van der Waals surface area contributed by atoms with Crippen LogP contribution in [-0.4, -0.2) is 31.8 Å². The molecule has 0 unspecified atom stereocenters. The number of ether oxygens (including phenoxy) is 2. The van der Waals surface area contributed by atoms with Gasteiger partial charge in [-0.1, -0.05) is 85.5 Å². The van der Waals surface area contributed by atoms with E-state index in [1.165, 1.54) is 51.4 Å². The molecule has 0 radical (unpaired) electrons. The molecule has 0 fully saturated rings. The Bertz CT molecular complexity index is 350. The molecule has 5 heteroatoms. The Morgan fingerprint density at radius 2 is 1.32 bits per heavy atom. The van der Waals surface area contributed by atoms with Crippen LogP contribution in [0.1, 0.15) is 91.9 Å². The van der Waals surface area contributed by atoms with Crippen LogP contribution in [0, 0.1) is 5.41 Å². The summed E-state index contributed by atoms with van der Waals surface area (Å²) in [7, 11) is 0. The maximum atomic E-state index is 11.5. The van der Waals surface area contributed by atoms with Crippen LogP contribution < -0.4 is 5.32 Å². The van der Waals surface area contributed by atoms with Gasteiger partial charge >= 0.3 is 12.1 Å². The van der Waals surface area contributed by atoms with Crippen LogP contribution in [0.4, 0.5) is 4.79 Å². The van der Waals surface area contributed by atoms with Crippen molar-refractivity contribution >= 4 is 12.1 Å². The number of unbranched alkanes of at least 4 members (excludes halogenated alkanes) is 9. The molecule has 0 aliphatic carbocycles. The smallest absolute Gasteiger partial charge is 0.407 e. The lowest BCUT2D eigenvalue weighted by atomic mass is 9.99. The first-order valence-corrected chi connectivity index (χ1v) is 9.91. The molecule has 0 aromatic rings. The second-order valence-corrected chi connectivity index (χ2v) is 7.89. The highest BCUT2D eigenvalue weighted by Gasteiger charge is 2.14. The van der Waals surface area contributed by atoms with E-state index in [1.807, 2.05) is 20.8 Å². The van der Waals surface area contributed by atoms with Gasteiger partial charge in [-0.15, -0.1) is 0 Å². The summed E-state index contributed by atoms with van der Waals surface area (Å²) >= 11 is 0. The molecule has 0 aromatic heterocycles. The van der Waals surface area contributed by atoms with E-state index >= 15 is 0 Å². The van der Waals surface area contributed by atoms with Gasteiger partial charge < -0.3 is 14.8 Å². The van der Waals surface area contributed by atoms with Crippen molar-refractivity contribution < 1.29 is 19.1 Å². The van der Waals surface area contributed by atoms with Gasteiger partial charge in [-0.05, 0) is 11.8 Å². The molecule has 0 bridgehead atoms. The minimum Gasteiger partial charge on any atom is -0.464 e. The predicted octanol–water partition coefficient (Wildman–Crippen LogP) is 5.22. The molecule has 0 rings (SSSR count). The zero-order valence-corrected chi connectivity index (χ0v) is 16.8. The number of hydrogen-bond acceptors (Lipinski definition) is 4. The van der Waals surface area contributed by atoms with E-state index in [4.69, 9.17) is 9.47 Å². The molecule has 0 saturated heterocycles. The zero-order chi connectivity index (χ0) is 19.0. The minimum absolute atomic E-state index is 0.0899. The van der Waals surface area contributed by atoms with Crippen LogP contribution in [-0.2, 0) is 14.3 Å². The fourth-order valence-electron chi connectivity index (χ4n) is 2.30. The number of amides is 1. The van der Waals surface area contributed by atoms with Gasteiger partial charge in [0.2, 0.25) is 0 Å². The number of rotatable bonds is 14. The molecule has 148 valence electrons. The Morgan fingerprint density at radius 3 is 1.84 bits per heavy atom. The minimum atomic E-state index is -0.578. The van der Waals surface area contributed by atoms with Gasteiger partial charge in [-0.3, -0.25) is 4.79 Å². The van der Waals surface area contributed by atoms with E-state index in [2.05, 4.69) is 12.2 Å². The normalized spacial score (nSPS) is 11.2.